The van der Waals surface area contributed by atoms with Gasteiger partial charge in [0.05, 0.1) is 30.6 Å². The number of amides is 3. The molecule has 0 bridgehead atoms. The van der Waals surface area contributed by atoms with E-state index in [1.165, 1.54) is 11.8 Å². The largest absolute Gasteiger partial charge is 0.490 e. The number of carbonyl (C=O) groups excluding carboxylic acids is 2. The SMILES string of the molecule is Cc1cc(OC2CCOCC2)ccc1N1C(=O)NC2c3c1ccnc3SC2C(=O)N[C@@H]1CCC[C@@H]1N. The number of thioether (sulfide) groups is 1. The fourth-order valence-electron chi connectivity index (χ4n) is 5.64. The Balaban J connectivity index is 1.26. The maximum atomic E-state index is 13.5. The van der Waals surface area contributed by atoms with Crippen LogP contribution in [-0.4, -0.2) is 53.6 Å². The number of nitrogens with one attached hydrogen (secondary N) is 2. The lowest BCUT2D eigenvalue weighted by atomic mass is 9.99. The lowest BCUT2D eigenvalue weighted by molar-refractivity contribution is -0.121. The minimum Gasteiger partial charge on any atom is -0.490 e. The third kappa shape index (κ3) is 4.21. The summed E-state index contributed by atoms with van der Waals surface area (Å²) in [5.41, 5.74) is 9.51. The van der Waals surface area contributed by atoms with Gasteiger partial charge >= 0.3 is 6.03 Å². The van der Waals surface area contributed by atoms with Crippen LogP contribution in [0, 0.1) is 6.92 Å². The summed E-state index contributed by atoms with van der Waals surface area (Å²) in [6.07, 6.45) is 6.42. The maximum Gasteiger partial charge on any atom is 0.327 e. The van der Waals surface area contributed by atoms with Gasteiger partial charge in [-0.2, -0.15) is 0 Å². The van der Waals surface area contributed by atoms with E-state index in [4.69, 9.17) is 15.2 Å². The zero-order valence-electron chi connectivity index (χ0n) is 20.2. The molecule has 1 saturated carbocycles. The number of anilines is 2. The average Bonchev–Trinajstić information content (AvgIpc) is 3.45. The number of aryl methyl sites for hydroxylation is 1. The quantitative estimate of drug-likeness (QED) is 0.566. The van der Waals surface area contributed by atoms with Gasteiger partial charge in [0.1, 0.15) is 22.1 Å². The Bertz CT molecular complexity index is 1190. The number of carbonyl (C=O) groups is 2. The van der Waals surface area contributed by atoms with Crippen molar-refractivity contribution in [3.63, 3.8) is 0 Å². The number of aromatic nitrogens is 1. The van der Waals surface area contributed by atoms with E-state index in [-0.39, 0.29) is 30.1 Å². The number of nitrogens with zero attached hydrogens (tertiary/aromatic N) is 2. The Morgan fingerprint density at radius 2 is 2.06 bits per heavy atom. The van der Waals surface area contributed by atoms with Crippen LogP contribution in [0.2, 0.25) is 0 Å². The van der Waals surface area contributed by atoms with Gasteiger partial charge in [-0.3, -0.25) is 9.69 Å². The van der Waals surface area contributed by atoms with Crippen molar-refractivity contribution >= 4 is 35.1 Å². The van der Waals surface area contributed by atoms with Crippen molar-refractivity contribution in [2.75, 3.05) is 18.1 Å². The highest BCUT2D eigenvalue weighted by Crippen LogP contribution is 2.51. The number of hydrogen-bond acceptors (Lipinski definition) is 7. The van der Waals surface area contributed by atoms with E-state index in [2.05, 4.69) is 15.6 Å². The van der Waals surface area contributed by atoms with E-state index < -0.39 is 11.3 Å². The average molecular weight is 510 g/mol. The van der Waals surface area contributed by atoms with Crippen LogP contribution in [0.5, 0.6) is 5.75 Å². The molecule has 2 aromatic rings. The van der Waals surface area contributed by atoms with E-state index in [1.807, 2.05) is 31.2 Å². The molecule has 3 amide bonds. The molecular formula is C26H31N5O4S. The Hall–Kier alpha value is -2.82. The van der Waals surface area contributed by atoms with Crippen LogP contribution in [0.3, 0.4) is 0 Å². The minimum absolute atomic E-state index is 0.0189. The van der Waals surface area contributed by atoms with E-state index in [9.17, 15) is 9.59 Å². The highest BCUT2D eigenvalue weighted by molar-refractivity contribution is 8.01. The number of rotatable bonds is 5. The molecule has 4 atom stereocenters. The molecule has 10 heteroatoms. The van der Waals surface area contributed by atoms with Gasteiger partial charge in [0.25, 0.3) is 0 Å². The van der Waals surface area contributed by atoms with Gasteiger partial charge in [-0.1, -0.05) is 11.8 Å². The van der Waals surface area contributed by atoms with Crippen molar-refractivity contribution in [1.82, 2.24) is 15.6 Å². The summed E-state index contributed by atoms with van der Waals surface area (Å²) in [6.45, 7) is 3.41. The van der Waals surface area contributed by atoms with E-state index in [0.29, 0.717) is 13.2 Å². The molecule has 1 aromatic heterocycles. The van der Waals surface area contributed by atoms with Gasteiger partial charge in [0, 0.05) is 36.7 Å². The van der Waals surface area contributed by atoms with Crippen LogP contribution in [0.25, 0.3) is 0 Å². The van der Waals surface area contributed by atoms with Crippen LogP contribution in [0.4, 0.5) is 16.2 Å². The first-order chi connectivity index (χ1) is 17.5. The van der Waals surface area contributed by atoms with Crippen LogP contribution < -0.4 is 26.0 Å². The Kier molecular flexibility index (Phi) is 6.27. The lowest BCUT2D eigenvalue weighted by Gasteiger charge is -2.35. The standard InChI is InChI=1S/C26H31N5O4S/c1-14-13-16(35-15-8-11-34-12-9-15)5-6-19(14)31-20-7-10-28-25-21(20)22(30-26(31)33)23(36-25)24(32)29-18-4-2-3-17(18)27/h5-7,10,13,15,17-18,22-23H,2-4,8-9,11-12,27H2,1H3,(H,29,32)(H,30,33)/t17-,18+,22?,23?/m0/s1. The first kappa shape index (κ1) is 23.6. The molecule has 190 valence electrons. The summed E-state index contributed by atoms with van der Waals surface area (Å²) in [7, 11) is 0. The third-order valence-corrected chi connectivity index (χ3v) is 8.83. The summed E-state index contributed by atoms with van der Waals surface area (Å²) in [5.74, 6) is 0.687. The smallest absolute Gasteiger partial charge is 0.327 e. The number of urea groups is 1. The van der Waals surface area contributed by atoms with E-state index in [0.717, 1.165) is 65.4 Å². The molecule has 0 spiro atoms. The molecule has 3 aliphatic heterocycles. The normalized spacial score (nSPS) is 27.5. The molecule has 1 aromatic carbocycles. The molecule has 36 heavy (non-hydrogen) atoms. The second-order valence-corrected chi connectivity index (χ2v) is 11.1. The van der Waals surface area contributed by atoms with Crippen molar-refractivity contribution in [3.8, 4) is 5.75 Å². The number of nitrogens with two attached hydrogens (primary N) is 1. The van der Waals surface area contributed by atoms with Crippen LogP contribution in [0.1, 0.15) is 49.3 Å². The van der Waals surface area contributed by atoms with Gasteiger partial charge in [-0.15, -0.1) is 0 Å². The summed E-state index contributed by atoms with van der Waals surface area (Å²) in [4.78, 5) is 32.9. The van der Waals surface area contributed by atoms with Crippen molar-refractivity contribution in [1.29, 1.82) is 0 Å². The van der Waals surface area contributed by atoms with Crippen LogP contribution >= 0.6 is 11.8 Å². The summed E-state index contributed by atoms with van der Waals surface area (Å²) < 4.78 is 11.6. The van der Waals surface area contributed by atoms with Gasteiger partial charge in [-0.25, -0.2) is 9.78 Å². The molecule has 9 nitrogen and oxygen atoms in total. The first-order valence-corrected chi connectivity index (χ1v) is 13.5. The predicted octanol–water partition coefficient (Wildman–Crippen LogP) is 3.32. The zero-order chi connectivity index (χ0) is 24.8. The van der Waals surface area contributed by atoms with Crippen molar-refractivity contribution in [3.05, 3.63) is 41.6 Å². The molecule has 4 heterocycles. The second kappa shape index (κ2) is 9.57. The number of pyridine rings is 1. The molecule has 4 aliphatic rings. The Morgan fingerprint density at radius 3 is 2.81 bits per heavy atom. The van der Waals surface area contributed by atoms with Gasteiger partial charge < -0.3 is 25.8 Å². The molecule has 0 radical (unpaired) electrons. The van der Waals surface area contributed by atoms with Gasteiger partial charge in [-0.05, 0) is 56.0 Å². The molecule has 2 fully saturated rings. The molecule has 1 saturated heterocycles. The highest BCUT2D eigenvalue weighted by Gasteiger charge is 2.47. The first-order valence-electron chi connectivity index (χ1n) is 12.7. The summed E-state index contributed by atoms with van der Waals surface area (Å²) in [5, 5.41) is 6.50. The molecule has 1 aliphatic carbocycles. The second-order valence-electron chi connectivity index (χ2n) is 9.94. The van der Waals surface area contributed by atoms with Crippen molar-refractivity contribution < 1.29 is 19.1 Å². The molecule has 4 N–H and O–H groups in total. The molecule has 6 rings (SSSR count). The Morgan fingerprint density at radius 1 is 1.22 bits per heavy atom. The van der Waals surface area contributed by atoms with Crippen LogP contribution in [-0.2, 0) is 9.53 Å². The maximum absolute atomic E-state index is 13.5. The summed E-state index contributed by atoms with van der Waals surface area (Å²) >= 11 is 1.41. The molecule has 2 unspecified atom stereocenters. The topological polar surface area (TPSA) is 119 Å². The van der Waals surface area contributed by atoms with Gasteiger partial charge in [0.15, 0.2) is 0 Å². The third-order valence-electron chi connectivity index (χ3n) is 7.54. The number of hydrogen-bond donors (Lipinski definition) is 3. The number of benzene rings is 1. The molecular weight excluding hydrogens is 478 g/mol. The fraction of sp³-hybridized carbons (Fsp3) is 0.500. The minimum atomic E-state index is -0.483. The van der Waals surface area contributed by atoms with Crippen LogP contribution in [0.15, 0.2) is 35.5 Å². The lowest BCUT2D eigenvalue weighted by Crippen LogP contribution is -2.52. The van der Waals surface area contributed by atoms with E-state index in [1.54, 1.807) is 11.1 Å². The fourth-order valence-corrected chi connectivity index (χ4v) is 6.87. The van der Waals surface area contributed by atoms with Gasteiger partial charge in [0.2, 0.25) is 5.91 Å². The highest BCUT2D eigenvalue weighted by atomic mass is 32.2. The van der Waals surface area contributed by atoms with Crippen molar-refractivity contribution in [2.45, 2.75) is 73.5 Å². The zero-order valence-corrected chi connectivity index (χ0v) is 21.1. The van der Waals surface area contributed by atoms with E-state index >= 15 is 0 Å². The number of ether oxygens (including phenoxy) is 2. The predicted molar refractivity (Wildman–Crippen MR) is 137 cm³/mol. The summed E-state index contributed by atoms with van der Waals surface area (Å²) in [6, 6.07) is 6.92. The monoisotopic (exact) mass is 509 g/mol. The van der Waals surface area contributed by atoms with Crippen molar-refractivity contribution in [2.24, 2.45) is 5.73 Å². The Labute approximate surface area is 214 Å².